The lowest BCUT2D eigenvalue weighted by Gasteiger charge is -2.34. The summed E-state index contributed by atoms with van der Waals surface area (Å²) in [6, 6.07) is 16.1. The Hall–Kier alpha value is -2.40. The first-order chi connectivity index (χ1) is 15.4. The molecule has 4 nitrogen and oxygen atoms in total. The molecule has 2 aliphatic heterocycles. The molecule has 0 radical (unpaired) electrons. The third-order valence-corrected chi connectivity index (χ3v) is 6.51. The van der Waals surface area contributed by atoms with E-state index in [1.54, 1.807) is 13.8 Å². The molecule has 172 valence electrons. The highest BCUT2D eigenvalue weighted by atomic mass is 19.1. The number of nitrogens with zero attached hydrogens (tertiary/aromatic N) is 2. The smallest absolute Gasteiger partial charge is 0.253 e. The fourth-order valence-electron chi connectivity index (χ4n) is 4.71. The topological polar surface area (TPSA) is 32.8 Å². The summed E-state index contributed by atoms with van der Waals surface area (Å²) >= 11 is 0. The molecular weight excluding hydrogens is 403 g/mol. The summed E-state index contributed by atoms with van der Waals surface area (Å²) < 4.78 is 19.9. The Kier molecular flexibility index (Phi) is 7.14. The number of carbonyl (C=O) groups excluding carboxylic acids is 1. The highest BCUT2D eigenvalue weighted by molar-refractivity contribution is 5.94. The van der Waals surface area contributed by atoms with E-state index in [9.17, 15) is 9.18 Å². The Labute approximate surface area is 191 Å². The lowest BCUT2D eigenvalue weighted by atomic mass is 9.97. The zero-order chi connectivity index (χ0) is 22.6. The van der Waals surface area contributed by atoms with Crippen molar-refractivity contribution in [3.05, 3.63) is 54.1 Å². The van der Waals surface area contributed by atoms with Crippen LogP contribution in [0.2, 0.25) is 0 Å². The minimum absolute atomic E-state index is 0.136. The molecule has 0 atom stereocenters. The third-order valence-electron chi connectivity index (χ3n) is 6.51. The first-order valence-electron chi connectivity index (χ1n) is 11.9. The number of carbonyl (C=O) groups is 1. The van der Waals surface area contributed by atoms with Crippen molar-refractivity contribution in [2.24, 2.45) is 5.92 Å². The number of halogens is 1. The maximum Gasteiger partial charge on any atom is 0.253 e. The van der Waals surface area contributed by atoms with Gasteiger partial charge in [-0.1, -0.05) is 24.3 Å². The summed E-state index contributed by atoms with van der Waals surface area (Å²) in [6.07, 6.45) is 4.32. The number of amides is 1. The first kappa shape index (κ1) is 22.8. The van der Waals surface area contributed by atoms with E-state index in [0.717, 1.165) is 74.3 Å². The van der Waals surface area contributed by atoms with E-state index in [-0.39, 0.29) is 5.91 Å². The molecule has 2 aliphatic rings. The number of benzene rings is 2. The Bertz CT molecular complexity index is 875. The summed E-state index contributed by atoms with van der Waals surface area (Å²) in [6.45, 7) is 8.14. The van der Waals surface area contributed by atoms with Crippen molar-refractivity contribution in [2.45, 2.75) is 45.2 Å². The highest BCUT2D eigenvalue weighted by Gasteiger charge is 2.25. The molecule has 32 heavy (non-hydrogen) atoms. The molecule has 2 fully saturated rings. The van der Waals surface area contributed by atoms with Gasteiger partial charge in [-0.25, -0.2) is 4.39 Å². The lowest BCUT2D eigenvalue weighted by Crippen LogP contribution is -2.41. The predicted octanol–water partition coefficient (Wildman–Crippen LogP) is 5.43. The molecule has 0 N–H and O–H groups in total. The molecule has 2 saturated heterocycles. The molecule has 0 saturated carbocycles. The molecule has 0 unspecified atom stereocenters. The van der Waals surface area contributed by atoms with E-state index in [1.807, 2.05) is 41.3 Å². The molecule has 0 aromatic heterocycles. The third kappa shape index (κ3) is 6.10. The minimum Gasteiger partial charge on any atom is -0.493 e. The van der Waals surface area contributed by atoms with Crippen LogP contribution < -0.4 is 4.74 Å². The van der Waals surface area contributed by atoms with Gasteiger partial charge in [0.25, 0.3) is 5.91 Å². The lowest BCUT2D eigenvalue weighted by molar-refractivity contribution is 0.0792. The average Bonchev–Trinajstić information content (AvgIpc) is 3.33. The average molecular weight is 439 g/mol. The largest absolute Gasteiger partial charge is 0.493 e. The van der Waals surface area contributed by atoms with E-state index in [0.29, 0.717) is 19.1 Å². The van der Waals surface area contributed by atoms with Crippen LogP contribution in [0.3, 0.4) is 0 Å². The molecule has 0 spiro atoms. The minimum atomic E-state index is -1.13. The Morgan fingerprint density at radius 1 is 0.938 bits per heavy atom. The van der Waals surface area contributed by atoms with E-state index >= 15 is 0 Å². The van der Waals surface area contributed by atoms with Crippen LogP contribution in [0, 0.1) is 5.92 Å². The summed E-state index contributed by atoms with van der Waals surface area (Å²) in [4.78, 5) is 16.7. The van der Waals surface area contributed by atoms with Gasteiger partial charge in [0.15, 0.2) is 0 Å². The van der Waals surface area contributed by atoms with Gasteiger partial charge >= 0.3 is 0 Å². The van der Waals surface area contributed by atoms with Gasteiger partial charge < -0.3 is 14.5 Å². The zero-order valence-electron chi connectivity index (χ0n) is 19.4. The van der Waals surface area contributed by atoms with Crippen LogP contribution in [0.4, 0.5) is 4.39 Å². The van der Waals surface area contributed by atoms with E-state index in [1.165, 1.54) is 0 Å². The molecular formula is C27H35FN2O2. The standard InChI is InChI=1S/C27H35FN2O2/c1-27(2,28)20-29-17-13-21(14-18-29)19-32-25-11-9-23(10-12-25)22-5-7-24(8-6-22)26(31)30-15-3-4-16-30/h5-12,21H,3-4,13-20H2,1-2H3. The number of likely N-dealkylation sites (tertiary alicyclic amines) is 2. The van der Waals surface area contributed by atoms with Gasteiger partial charge in [-0.3, -0.25) is 4.79 Å². The Morgan fingerprint density at radius 3 is 2.06 bits per heavy atom. The van der Waals surface area contributed by atoms with Crippen molar-refractivity contribution in [1.82, 2.24) is 9.80 Å². The zero-order valence-corrected chi connectivity index (χ0v) is 19.4. The number of piperidine rings is 1. The molecule has 5 heteroatoms. The maximum absolute atomic E-state index is 13.8. The fourth-order valence-corrected chi connectivity index (χ4v) is 4.71. The molecule has 2 aromatic rings. The molecule has 2 heterocycles. The van der Waals surface area contributed by atoms with Crippen LogP contribution in [0.1, 0.15) is 49.9 Å². The van der Waals surface area contributed by atoms with Gasteiger partial charge in [-0.15, -0.1) is 0 Å². The number of rotatable bonds is 7. The quantitative estimate of drug-likeness (QED) is 0.578. The Morgan fingerprint density at radius 2 is 1.50 bits per heavy atom. The van der Waals surface area contributed by atoms with Crippen LogP contribution in [0.15, 0.2) is 48.5 Å². The van der Waals surface area contributed by atoms with Gasteiger partial charge in [0, 0.05) is 25.2 Å². The first-order valence-corrected chi connectivity index (χ1v) is 11.9. The summed E-state index contributed by atoms with van der Waals surface area (Å²) in [7, 11) is 0. The number of alkyl halides is 1. The second kappa shape index (κ2) is 10.0. The molecule has 0 bridgehead atoms. The van der Waals surface area contributed by atoms with Crippen LogP contribution in [-0.4, -0.2) is 60.7 Å². The molecule has 1 amide bonds. The van der Waals surface area contributed by atoms with Gasteiger partial charge in [0.05, 0.1) is 6.61 Å². The van der Waals surface area contributed by atoms with Crippen molar-refractivity contribution >= 4 is 5.91 Å². The van der Waals surface area contributed by atoms with Gasteiger partial charge in [-0.2, -0.15) is 0 Å². The van der Waals surface area contributed by atoms with E-state index in [2.05, 4.69) is 17.0 Å². The number of hydrogen-bond donors (Lipinski definition) is 0. The van der Waals surface area contributed by atoms with Crippen molar-refractivity contribution in [2.75, 3.05) is 39.3 Å². The normalized spacial score (nSPS) is 18.2. The van der Waals surface area contributed by atoms with Gasteiger partial charge in [0.2, 0.25) is 0 Å². The van der Waals surface area contributed by atoms with Crippen molar-refractivity contribution in [3.63, 3.8) is 0 Å². The van der Waals surface area contributed by atoms with Crippen LogP contribution in [0.5, 0.6) is 5.75 Å². The van der Waals surface area contributed by atoms with Crippen LogP contribution >= 0.6 is 0 Å². The van der Waals surface area contributed by atoms with E-state index in [4.69, 9.17) is 4.74 Å². The number of ether oxygens (including phenoxy) is 1. The monoisotopic (exact) mass is 438 g/mol. The van der Waals surface area contributed by atoms with Crippen molar-refractivity contribution in [1.29, 1.82) is 0 Å². The highest BCUT2D eigenvalue weighted by Crippen LogP contribution is 2.25. The summed E-state index contributed by atoms with van der Waals surface area (Å²) in [5.74, 6) is 1.54. The molecule has 0 aliphatic carbocycles. The van der Waals surface area contributed by atoms with E-state index < -0.39 is 5.67 Å². The fraction of sp³-hybridized carbons (Fsp3) is 0.519. The molecule has 2 aromatic carbocycles. The van der Waals surface area contributed by atoms with Crippen molar-refractivity contribution in [3.8, 4) is 16.9 Å². The predicted molar refractivity (Wildman–Crippen MR) is 127 cm³/mol. The molecule has 4 rings (SSSR count). The second-order valence-electron chi connectivity index (χ2n) is 9.85. The summed E-state index contributed by atoms with van der Waals surface area (Å²) in [5.41, 5.74) is 1.84. The SMILES string of the molecule is CC(C)(F)CN1CCC(COc2ccc(-c3ccc(C(=O)N4CCCC4)cc3)cc2)CC1. The van der Waals surface area contributed by atoms with Gasteiger partial charge in [-0.05, 0) is 93.9 Å². The maximum atomic E-state index is 13.8. The van der Waals surface area contributed by atoms with Crippen molar-refractivity contribution < 1.29 is 13.9 Å². The second-order valence-corrected chi connectivity index (χ2v) is 9.85. The number of hydrogen-bond acceptors (Lipinski definition) is 3. The Balaban J connectivity index is 1.26. The van der Waals surface area contributed by atoms with Gasteiger partial charge in [0.1, 0.15) is 11.4 Å². The van der Waals surface area contributed by atoms with Crippen LogP contribution in [0.25, 0.3) is 11.1 Å². The summed E-state index contributed by atoms with van der Waals surface area (Å²) in [5, 5.41) is 0. The van der Waals surface area contributed by atoms with Crippen LogP contribution in [-0.2, 0) is 0 Å².